The van der Waals surface area contributed by atoms with Gasteiger partial charge < -0.3 is 10.6 Å². The van der Waals surface area contributed by atoms with E-state index < -0.39 is 0 Å². The fraction of sp³-hybridized carbons (Fsp3) is 0.300. The van der Waals surface area contributed by atoms with Gasteiger partial charge in [-0.3, -0.25) is 9.48 Å². The normalized spacial score (nSPS) is 17.9. The Kier molecular flexibility index (Phi) is 5.13. The molecule has 6 heteroatoms. The van der Waals surface area contributed by atoms with E-state index in [-0.39, 0.29) is 11.9 Å². The van der Waals surface area contributed by atoms with E-state index in [1.807, 2.05) is 53.3 Å². The summed E-state index contributed by atoms with van der Waals surface area (Å²) in [4.78, 5) is 14.8. The molecule has 134 valence electrons. The second-order valence-corrected chi connectivity index (χ2v) is 7.63. The van der Waals surface area contributed by atoms with Crippen molar-refractivity contribution in [1.29, 1.82) is 0 Å². The lowest BCUT2D eigenvalue weighted by Crippen LogP contribution is -2.31. The molecule has 1 aliphatic rings. The molecule has 0 radical (unpaired) electrons. The second-order valence-electron chi connectivity index (χ2n) is 6.52. The van der Waals surface area contributed by atoms with Crippen molar-refractivity contribution in [1.82, 2.24) is 20.4 Å². The Bertz CT molecular complexity index is 838. The maximum atomic E-state index is 12.8. The molecule has 3 heterocycles. The van der Waals surface area contributed by atoms with Crippen LogP contribution in [0.4, 0.5) is 0 Å². The Hall–Kier alpha value is -2.44. The number of thiophene rings is 1. The summed E-state index contributed by atoms with van der Waals surface area (Å²) in [5.74, 6) is -0.0275. The molecule has 4 rings (SSSR count). The standard InChI is InChI=1S/C20H22N4OS/c25-20(19-10-9-18(26-19)16-8-4-11-21-16)23-17(14-24-13-5-12-22-24)15-6-2-1-3-7-15/h1-3,5-7,9-10,12-13,16-17,21H,4,8,11,14H2,(H,23,25). The summed E-state index contributed by atoms with van der Waals surface area (Å²) in [5, 5.41) is 10.9. The van der Waals surface area contributed by atoms with E-state index in [9.17, 15) is 4.79 Å². The lowest BCUT2D eigenvalue weighted by atomic mass is 10.1. The molecule has 0 saturated carbocycles. The molecule has 3 aromatic rings. The van der Waals surface area contributed by atoms with Crippen molar-refractivity contribution in [3.63, 3.8) is 0 Å². The molecule has 1 amide bonds. The first-order valence-electron chi connectivity index (χ1n) is 8.96. The largest absolute Gasteiger partial charge is 0.343 e. The molecule has 1 aliphatic heterocycles. The predicted octanol–water partition coefficient (Wildman–Crippen LogP) is 3.54. The minimum atomic E-state index is -0.126. The molecular formula is C20H22N4OS. The first kappa shape index (κ1) is 17.0. The lowest BCUT2D eigenvalue weighted by molar-refractivity contribution is 0.0936. The maximum Gasteiger partial charge on any atom is 0.261 e. The third kappa shape index (κ3) is 3.86. The quantitative estimate of drug-likeness (QED) is 0.701. The smallest absolute Gasteiger partial charge is 0.261 e. The van der Waals surface area contributed by atoms with Gasteiger partial charge in [-0.25, -0.2) is 0 Å². The monoisotopic (exact) mass is 366 g/mol. The molecule has 5 nitrogen and oxygen atoms in total. The van der Waals surface area contributed by atoms with Gasteiger partial charge >= 0.3 is 0 Å². The van der Waals surface area contributed by atoms with Gasteiger partial charge in [-0.15, -0.1) is 11.3 Å². The SMILES string of the molecule is O=C(NC(Cn1cccn1)c1ccccc1)c1ccc(C2CCCN2)s1. The Morgan fingerprint density at radius 3 is 2.88 bits per heavy atom. The van der Waals surface area contributed by atoms with Gasteiger partial charge in [0.25, 0.3) is 5.91 Å². The zero-order valence-corrected chi connectivity index (χ0v) is 15.3. The number of hydrogen-bond donors (Lipinski definition) is 2. The van der Waals surface area contributed by atoms with Gasteiger partial charge in [-0.05, 0) is 43.1 Å². The van der Waals surface area contributed by atoms with Gasteiger partial charge in [0.05, 0.1) is 17.5 Å². The Morgan fingerprint density at radius 1 is 1.27 bits per heavy atom. The van der Waals surface area contributed by atoms with Crippen LogP contribution in [0.5, 0.6) is 0 Å². The van der Waals surface area contributed by atoms with Crippen LogP contribution in [0.15, 0.2) is 60.9 Å². The summed E-state index contributed by atoms with van der Waals surface area (Å²) in [6, 6.07) is 16.2. The van der Waals surface area contributed by atoms with E-state index in [0.29, 0.717) is 12.6 Å². The van der Waals surface area contributed by atoms with E-state index in [1.54, 1.807) is 17.5 Å². The maximum absolute atomic E-state index is 12.8. The molecule has 26 heavy (non-hydrogen) atoms. The summed E-state index contributed by atoms with van der Waals surface area (Å²) in [6.45, 7) is 1.66. The van der Waals surface area contributed by atoms with Gasteiger partial charge in [0, 0.05) is 23.3 Å². The van der Waals surface area contributed by atoms with Crippen LogP contribution in [-0.4, -0.2) is 22.2 Å². The number of rotatable bonds is 6. The van der Waals surface area contributed by atoms with E-state index in [1.165, 1.54) is 11.3 Å². The topological polar surface area (TPSA) is 59.0 Å². The van der Waals surface area contributed by atoms with E-state index in [4.69, 9.17) is 0 Å². The third-order valence-electron chi connectivity index (χ3n) is 4.69. The number of aromatic nitrogens is 2. The van der Waals surface area contributed by atoms with Gasteiger partial charge in [0.1, 0.15) is 0 Å². The molecule has 0 spiro atoms. The predicted molar refractivity (Wildman–Crippen MR) is 103 cm³/mol. The summed E-state index contributed by atoms with van der Waals surface area (Å²) < 4.78 is 1.85. The molecule has 1 saturated heterocycles. The third-order valence-corrected chi connectivity index (χ3v) is 5.89. The summed E-state index contributed by atoms with van der Waals surface area (Å²) in [5.41, 5.74) is 1.07. The van der Waals surface area contributed by atoms with Crippen LogP contribution in [0, 0.1) is 0 Å². The zero-order valence-electron chi connectivity index (χ0n) is 14.5. The minimum absolute atomic E-state index is 0.0275. The molecule has 2 atom stereocenters. The van der Waals surface area contributed by atoms with E-state index in [2.05, 4.69) is 21.8 Å². The van der Waals surface area contributed by atoms with Crippen LogP contribution in [0.2, 0.25) is 0 Å². The van der Waals surface area contributed by atoms with Gasteiger partial charge in [-0.1, -0.05) is 30.3 Å². The van der Waals surface area contributed by atoms with Crippen LogP contribution in [0.3, 0.4) is 0 Å². The average molecular weight is 366 g/mol. The van der Waals surface area contributed by atoms with Crippen LogP contribution in [0.1, 0.15) is 45.0 Å². The van der Waals surface area contributed by atoms with Crippen molar-refractivity contribution in [3.05, 3.63) is 76.2 Å². The van der Waals surface area contributed by atoms with Gasteiger partial charge in [0.2, 0.25) is 0 Å². The molecule has 1 aromatic carbocycles. The number of nitrogens with one attached hydrogen (secondary N) is 2. The molecule has 2 unspecified atom stereocenters. The minimum Gasteiger partial charge on any atom is -0.343 e. The number of nitrogens with zero attached hydrogens (tertiary/aromatic N) is 2. The number of benzene rings is 1. The summed E-state index contributed by atoms with van der Waals surface area (Å²) >= 11 is 1.59. The molecule has 2 N–H and O–H groups in total. The van der Waals surface area contributed by atoms with Crippen molar-refractivity contribution in [3.8, 4) is 0 Å². The highest BCUT2D eigenvalue weighted by Gasteiger charge is 2.21. The molecule has 0 bridgehead atoms. The Morgan fingerprint density at radius 2 is 2.15 bits per heavy atom. The fourth-order valence-corrected chi connectivity index (χ4v) is 4.36. The first-order chi connectivity index (χ1) is 12.8. The van der Waals surface area contributed by atoms with Gasteiger partial charge in [-0.2, -0.15) is 5.10 Å². The summed E-state index contributed by atoms with van der Waals surface area (Å²) in [7, 11) is 0. The van der Waals surface area contributed by atoms with Crippen molar-refractivity contribution in [2.45, 2.75) is 31.5 Å². The van der Waals surface area contributed by atoms with E-state index in [0.717, 1.165) is 23.4 Å². The van der Waals surface area contributed by atoms with Crippen LogP contribution < -0.4 is 10.6 Å². The van der Waals surface area contributed by atoms with Crippen LogP contribution in [0.25, 0.3) is 0 Å². The van der Waals surface area contributed by atoms with E-state index >= 15 is 0 Å². The van der Waals surface area contributed by atoms with Crippen LogP contribution >= 0.6 is 11.3 Å². The van der Waals surface area contributed by atoms with Gasteiger partial charge in [0.15, 0.2) is 0 Å². The van der Waals surface area contributed by atoms with Crippen molar-refractivity contribution < 1.29 is 4.79 Å². The highest BCUT2D eigenvalue weighted by atomic mass is 32.1. The summed E-state index contributed by atoms with van der Waals surface area (Å²) in [6.07, 6.45) is 6.01. The highest BCUT2D eigenvalue weighted by molar-refractivity contribution is 7.14. The zero-order chi connectivity index (χ0) is 17.8. The van der Waals surface area contributed by atoms with Crippen molar-refractivity contribution in [2.24, 2.45) is 0 Å². The average Bonchev–Trinajstić information content (AvgIpc) is 3.42. The first-order valence-corrected chi connectivity index (χ1v) is 9.77. The molecule has 0 aliphatic carbocycles. The molecular weight excluding hydrogens is 344 g/mol. The Labute approximate surface area is 157 Å². The number of carbonyl (C=O) groups is 1. The molecule has 2 aromatic heterocycles. The fourth-order valence-electron chi connectivity index (χ4n) is 3.33. The van der Waals surface area contributed by atoms with Crippen LogP contribution in [-0.2, 0) is 6.54 Å². The number of hydrogen-bond acceptors (Lipinski definition) is 4. The second kappa shape index (κ2) is 7.85. The number of carbonyl (C=O) groups excluding carboxylic acids is 1. The lowest BCUT2D eigenvalue weighted by Gasteiger charge is -2.19. The highest BCUT2D eigenvalue weighted by Crippen LogP contribution is 2.29. The Balaban J connectivity index is 1.50. The van der Waals surface area contributed by atoms with Crippen molar-refractivity contribution >= 4 is 17.2 Å². The number of amides is 1. The molecule has 1 fully saturated rings. The van der Waals surface area contributed by atoms with Crippen molar-refractivity contribution in [2.75, 3.05) is 6.54 Å².